The Balaban J connectivity index is 1.66. The second kappa shape index (κ2) is 7.65. The van der Waals surface area contributed by atoms with Gasteiger partial charge in [0.2, 0.25) is 9.47 Å². The van der Waals surface area contributed by atoms with Gasteiger partial charge in [0.15, 0.2) is 0 Å². The lowest BCUT2D eigenvalue weighted by molar-refractivity contribution is 0.102. The van der Waals surface area contributed by atoms with Gasteiger partial charge in [0, 0.05) is 10.6 Å². The Hall–Kier alpha value is -2.09. The summed E-state index contributed by atoms with van der Waals surface area (Å²) >= 11 is 6.90. The van der Waals surface area contributed by atoms with Crippen molar-refractivity contribution < 1.29 is 9.00 Å². The van der Waals surface area contributed by atoms with E-state index in [-0.39, 0.29) is 5.91 Å². The zero-order chi connectivity index (χ0) is 16.9. The third kappa shape index (κ3) is 4.25. The first-order valence-electron chi connectivity index (χ1n) is 6.94. The smallest absolute Gasteiger partial charge is 0.257 e. The van der Waals surface area contributed by atoms with Crippen LogP contribution < -0.4 is 5.32 Å². The zero-order valence-electron chi connectivity index (χ0n) is 12.3. The van der Waals surface area contributed by atoms with E-state index in [1.54, 1.807) is 24.3 Å². The molecular weight excluding hydrogens is 366 g/mol. The second-order valence-electron chi connectivity index (χ2n) is 4.81. The van der Waals surface area contributed by atoms with Crippen molar-refractivity contribution in [3.8, 4) is 0 Å². The number of carbonyl (C=O) groups is 1. The van der Waals surface area contributed by atoms with Gasteiger partial charge in [-0.25, -0.2) is 0 Å². The van der Waals surface area contributed by atoms with Gasteiger partial charge in [0.05, 0.1) is 16.6 Å². The fourth-order valence-corrected chi connectivity index (χ4v) is 4.04. The number of rotatable bonds is 5. The first-order chi connectivity index (χ1) is 11.6. The van der Waals surface area contributed by atoms with E-state index in [9.17, 15) is 9.00 Å². The van der Waals surface area contributed by atoms with E-state index in [1.165, 1.54) is 0 Å². The van der Waals surface area contributed by atoms with E-state index in [0.29, 0.717) is 25.8 Å². The Morgan fingerprint density at radius 1 is 1.08 bits per heavy atom. The topological polar surface area (TPSA) is 72.0 Å². The normalized spacial score (nSPS) is 11.9. The summed E-state index contributed by atoms with van der Waals surface area (Å²) in [6.45, 7) is 0. The number of anilines is 1. The van der Waals surface area contributed by atoms with Crippen LogP contribution in [0.5, 0.6) is 0 Å². The molecule has 5 nitrogen and oxygen atoms in total. The van der Waals surface area contributed by atoms with Crippen LogP contribution in [0, 0.1) is 0 Å². The summed E-state index contributed by atoms with van der Waals surface area (Å²) in [7, 11) is -1.30. The maximum Gasteiger partial charge on any atom is 0.257 e. The first-order valence-corrected chi connectivity index (χ1v) is 9.46. The van der Waals surface area contributed by atoms with E-state index in [1.807, 2.05) is 30.3 Å². The van der Waals surface area contributed by atoms with Crippen molar-refractivity contribution in [2.24, 2.45) is 0 Å². The molecule has 3 rings (SSSR count). The molecule has 1 N–H and O–H groups in total. The van der Waals surface area contributed by atoms with E-state index in [0.717, 1.165) is 16.9 Å². The van der Waals surface area contributed by atoms with Crippen molar-refractivity contribution in [2.45, 2.75) is 10.1 Å². The van der Waals surface area contributed by atoms with Crippen molar-refractivity contribution in [1.82, 2.24) is 10.2 Å². The summed E-state index contributed by atoms with van der Waals surface area (Å²) in [5, 5.41) is 11.3. The van der Waals surface area contributed by atoms with Crippen molar-refractivity contribution in [3.63, 3.8) is 0 Å². The number of nitrogens with zero attached hydrogens (tertiary/aromatic N) is 2. The highest BCUT2D eigenvalue weighted by Gasteiger charge is 2.14. The number of hydrogen-bond acceptors (Lipinski definition) is 5. The van der Waals surface area contributed by atoms with Gasteiger partial charge in [-0.3, -0.25) is 14.3 Å². The summed E-state index contributed by atoms with van der Waals surface area (Å²) in [6, 6.07) is 16.0. The number of benzene rings is 2. The molecule has 1 heterocycles. The molecule has 2 aromatic carbocycles. The fraction of sp³-hybridized carbons (Fsp3) is 0.0625. The summed E-state index contributed by atoms with van der Waals surface area (Å²) in [6.07, 6.45) is 0. The predicted octanol–water partition coefficient (Wildman–Crippen LogP) is 3.75. The van der Waals surface area contributed by atoms with E-state index < -0.39 is 10.8 Å². The quantitative estimate of drug-likeness (QED) is 0.687. The molecule has 1 atom stereocenters. The van der Waals surface area contributed by atoms with Crippen LogP contribution in [0.4, 0.5) is 5.13 Å². The molecule has 24 heavy (non-hydrogen) atoms. The monoisotopic (exact) mass is 377 g/mol. The van der Waals surface area contributed by atoms with Crippen LogP contribution in [0.25, 0.3) is 0 Å². The number of amides is 1. The number of nitrogens with one attached hydrogen (secondary N) is 1. The zero-order valence-corrected chi connectivity index (χ0v) is 14.7. The van der Waals surface area contributed by atoms with Crippen molar-refractivity contribution in [1.29, 1.82) is 0 Å². The Kier molecular flexibility index (Phi) is 5.34. The minimum absolute atomic E-state index is 0.311. The van der Waals surface area contributed by atoms with Gasteiger partial charge in [0.25, 0.3) is 5.91 Å². The highest BCUT2D eigenvalue weighted by molar-refractivity contribution is 7.86. The van der Waals surface area contributed by atoms with Gasteiger partial charge in [-0.1, -0.05) is 53.3 Å². The van der Waals surface area contributed by atoms with Crippen LogP contribution in [0.2, 0.25) is 5.02 Å². The van der Waals surface area contributed by atoms with E-state index in [2.05, 4.69) is 15.5 Å². The van der Waals surface area contributed by atoms with Crippen LogP contribution in [0.1, 0.15) is 15.9 Å². The molecule has 0 saturated heterocycles. The molecule has 0 aliphatic carbocycles. The summed E-state index contributed by atoms with van der Waals surface area (Å²) in [5.74, 6) is 0.0452. The molecular formula is C16H12ClN3O2S2. The molecule has 0 radical (unpaired) electrons. The molecule has 0 unspecified atom stereocenters. The number of carbonyl (C=O) groups excluding carboxylic acids is 1. The molecule has 0 spiro atoms. The fourth-order valence-electron chi connectivity index (χ4n) is 1.91. The lowest BCUT2D eigenvalue weighted by Crippen LogP contribution is -2.11. The third-order valence-corrected chi connectivity index (χ3v) is 5.83. The second-order valence-corrected chi connectivity index (χ2v) is 7.85. The Bertz CT molecular complexity index is 867. The molecule has 3 aromatic rings. The van der Waals surface area contributed by atoms with Crippen LogP contribution in [0.3, 0.4) is 0 Å². The largest absolute Gasteiger partial charge is 0.296 e. The SMILES string of the molecule is O=C(Nc1nnc([S@@](=O)Cc2ccccc2)s1)c1ccc(Cl)cc1. The number of hydrogen-bond donors (Lipinski definition) is 1. The minimum atomic E-state index is -1.30. The van der Waals surface area contributed by atoms with Gasteiger partial charge < -0.3 is 0 Å². The van der Waals surface area contributed by atoms with Gasteiger partial charge in [-0.2, -0.15) is 0 Å². The summed E-state index contributed by atoms with van der Waals surface area (Å²) in [5.41, 5.74) is 1.42. The lowest BCUT2D eigenvalue weighted by Gasteiger charge is -2.00. The van der Waals surface area contributed by atoms with E-state index in [4.69, 9.17) is 11.6 Å². The molecule has 1 amide bonds. The molecule has 1 aromatic heterocycles. The Labute approximate surface area is 150 Å². The summed E-state index contributed by atoms with van der Waals surface area (Å²) < 4.78 is 12.7. The molecule has 0 bridgehead atoms. The first kappa shape index (κ1) is 16.8. The molecule has 0 fully saturated rings. The van der Waals surface area contributed by atoms with Crippen molar-refractivity contribution in [2.75, 3.05) is 5.32 Å². The standard InChI is InChI=1S/C16H12ClN3O2S2/c17-13-8-6-12(7-9-13)14(21)18-15-19-20-16(23-15)24(22)10-11-4-2-1-3-5-11/h1-9H,10H2,(H,18,19,21)/t24-/m0/s1. The van der Waals surface area contributed by atoms with Crippen LogP contribution >= 0.6 is 22.9 Å². The molecule has 0 aliphatic heterocycles. The van der Waals surface area contributed by atoms with Crippen LogP contribution in [0.15, 0.2) is 58.9 Å². The minimum Gasteiger partial charge on any atom is -0.296 e. The van der Waals surface area contributed by atoms with Crippen molar-refractivity contribution >= 4 is 44.8 Å². The molecule has 122 valence electrons. The maximum absolute atomic E-state index is 12.3. The average molecular weight is 378 g/mol. The highest BCUT2D eigenvalue weighted by Crippen LogP contribution is 2.21. The van der Waals surface area contributed by atoms with Crippen LogP contribution in [-0.2, 0) is 16.6 Å². The molecule has 0 saturated carbocycles. The van der Waals surface area contributed by atoms with Crippen LogP contribution in [-0.4, -0.2) is 20.3 Å². The Morgan fingerprint density at radius 3 is 2.50 bits per heavy atom. The lowest BCUT2D eigenvalue weighted by atomic mass is 10.2. The Morgan fingerprint density at radius 2 is 1.79 bits per heavy atom. The predicted molar refractivity (Wildman–Crippen MR) is 95.9 cm³/mol. The van der Waals surface area contributed by atoms with Gasteiger partial charge >= 0.3 is 0 Å². The third-order valence-electron chi connectivity index (χ3n) is 3.07. The molecule has 0 aliphatic rings. The van der Waals surface area contributed by atoms with Crippen molar-refractivity contribution in [3.05, 3.63) is 70.7 Å². The van der Waals surface area contributed by atoms with E-state index >= 15 is 0 Å². The molecule has 8 heteroatoms. The number of halogens is 1. The highest BCUT2D eigenvalue weighted by atomic mass is 35.5. The number of aromatic nitrogens is 2. The summed E-state index contributed by atoms with van der Waals surface area (Å²) in [4.78, 5) is 12.1. The van der Waals surface area contributed by atoms with Gasteiger partial charge in [0.1, 0.15) is 0 Å². The average Bonchev–Trinajstić information content (AvgIpc) is 3.05. The van der Waals surface area contributed by atoms with Gasteiger partial charge in [-0.05, 0) is 29.8 Å². The van der Waals surface area contributed by atoms with Gasteiger partial charge in [-0.15, -0.1) is 10.2 Å². The maximum atomic E-state index is 12.3.